The van der Waals surface area contributed by atoms with Gasteiger partial charge in [0.15, 0.2) is 0 Å². The van der Waals surface area contributed by atoms with Crippen LogP contribution >= 0.6 is 7.81 Å². The third-order valence-corrected chi connectivity index (χ3v) is 2.92. The molecule has 0 saturated carbocycles. The first-order valence-corrected chi connectivity index (χ1v) is 8.56. The van der Waals surface area contributed by atoms with Gasteiger partial charge in [-0.25, -0.2) is 0 Å². The Morgan fingerprint density at radius 2 is 1.35 bits per heavy atom. The normalized spacial score (nSPS) is 14.4. The van der Waals surface area contributed by atoms with Gasteiger partial charge in [-0.15, -0.1) is 0 Å². The summed E-state index contributed by atoms with van der Waals surface area (Å²) < 4.78 is 98.7. The predicted molar refractivity (Wildman–Crippen MR) is 62.7 cm³/mol. The summed E-state index contributed by atoms with van der Waals surface area (Å²) in [5, 5.41) is 0. The van der Waals surface area contributed by atoms with E-state index in [1.54, 1.807) is 18.9 Å². The van der Waals surface area contributed by atoms with E-state index in [0.29, 0.717) is 4.08 Å². The quantitative estimate of drug-likeness (QED) is 0.330. The van der Waals surface area contributed by atoms with Crippen molar-refractivity contribution in [2.75, 3.05) is 0 Å². The molecule has 1 heterocycles. The number of hydrogen-bond acceptors (Lipinski definition) is 1. The van der Waals surface area contributed by atoms with Crippen LogP contribution in [0.5, 0.6) is 0 Å². The van der Waals surface area contributed by atoms with Crippen LogP contribution in [-0.2, 0) is 18.9 Å². The van der Waals surface area contributed by atoms with E-state index in [4.69, 9.17) is 0 Å². The van der Waals surface area contributed by atoms with Crippen molar-refractivity contribution in [2.24, 2.45) is 0 Å². The molecule has 0 radical (unpaired) electrons. The Hall–Kier alpha value is -1.18. The van der Waals surface area contributed by atoms with Gasteiger partial charge in [0.05, 0.1) is 0 Å². The molecule has 132 valence electrons. The fraction of sp³-hybridized carbons (Fsp3) is 0. The Bertz CT molecular complexity index is 678. The molecular weight excluding hydrogens is 540 g/mol. The Kier molecular flexibility index (Phi) is 4.94. The van der Waals surface area contributed by atoms with Gasteiger partial charge in [-0.3, -0.25) is 0 Å². The van der Waals surface area contributed by atoms with Crippen LogP contribution in [0.3, 0.4) is 0 Å². The molecule has 0 saturated heterocycles. The maximum atomic E-state index is 13.5. The zero-order chi connectivity index (χ0) is 18.1. The maximum absolute atomic E-state index is 13.5. The summed E-state index contributed by atoms with van der Waals surface area (Å²) in [4.78, 5) is 3.76. The van der Waals surface area contributed by atoms with Crippen LogP contribution in [0.1, 0.15) is 0 Å². The molecule has 0 unspecified atom stereocenters. The van der Waals surface area contributed by atoms with E-state index in [9.17, 15) is 38.4 Å². The van der Waals surface area contributed by atoms with Crippen molar-refractivity contribution in [3.8, 4) is 11.3 Å². The van der Waals surface area contributed by atoms with Crippen LogP contribution in [0.2, 0.25) is 0 Å². The molecule has 23 heavy (non-hydrogen) atoms. The second-order valence-electron chi connectivity index (χ2n) is 4.04. The van der Waals surface area contributed by atoms with Crippen LogP contribution in [0.25, 0.3) is 11.3 Å². The van der Waals surface area contributed by atoms with Crippen LogP contribution in [-0.4, -0.2) is 4.98 Å². The number of hydrogen-bond donors (Lipinski definition) is 0. The van der Waals surface area contributed by atoms with Gasteiger partial charge in [0.1, 0.15) is 0 Å². The van der Waals surface area contributed by atoms with E-state index in [1.165, 1.54) is 18.2 Å². The molecule has 2 rings (SSSR count). The summed E-state index contributed by atoms with van der Waals surface area (Å²) in [6.07, 6.45) is 0.998. The monoisotopic (exact) mass is 546 g/mol. The summed E-state index contributed by atoms with van der Waals surface area (Å²) in [5.41, 5.74) is 0.484. The molecule has 0 fully saturated rings. The first-order chi connectivity index (χ1) is 10.0. The van der Waals surface area contributed by atoms with Gasteiger partial charge in [-0.05, 0) is 0 Å². The van der Waals surface area contributed by atoms with Crippen molar-refractivity contribution in [1.29, 1.82) is 0 Å². The third-order valence-electron chi connectivity index (χ3n) is 1.97. The summed E-state index contributed by atoms with van der Waals surface area (Å²) in [6.45, 7) is 0. The van der Waals surface area contributed by atoms with Crippen molar-refractivity contribution >= 4 is 11.9 Å². The molecule has 1 aromatic carbocycles. The Morgan fingerprint density at radius 3 is 1.74 bits per heavy atom. The van der Waals surface area contributed by atoms with E-state index >= 15 is 0 Å². The SMILES string of the molecule is F[P-](F)(F)(F)(F)F.Fc1ccc(-c2c(F)cc(F)c[c]2[Ir])nc1. The molecule has 0 atom stereocenters. The Balaban J connectivity index is 0.000000322. The molecule has 12 heteroatoms. The summed E-state index contributed by atoms with van der Waals surface area (Å²) >= 11 is 1.58. The van der Waals surface area contributed by atoms with Gasteiger partial charge in [-0.2, -0.15) is 0 Å². The average Bonchev–Trinajstić information content (AvgIpc) is 2.26. The van der Waals surface area contributed by atoms with E-state index in [0.717, 1.165) is 12.3 Å². The zero-order valence-corrected chi connectivity index (χ0v) is 13.8. The van der Waals surface area contributed by atoms with Crippen LogP contribution in [0.4, 0.5) is 38.4 Å². The van der Waals surface area contributed by atoms with Crippen molar-refractivity contribution in [3.05, 3.63) is 47.9 Å². The van der Waals surface area contributed by atoms with Crippen molar-refractivity contribution in [3.63, 3.8) is 0 Å². The molecule has 0 bridgehead atoms. The molecule has 0 aliphatic rings. The van der Waals surface area contributed by atoms with Crippen molar-refractivity contribution in [1.82, 2.24) is 4.98 Å². The van der Waals surface area contributed by atoms with E-state index in [1.807, 2.05) is 0 Å². The van der Waals surface area contributed by atoms with Gasteiger partial charge in [-0.1, -0.05) is 0 Å². The first-order valence-electron chi connectivity index (χ1n) is 5.33. The number of aromatic nitrogens is 1. The Morgan fingerprint density at radius 1 is 0.826 bits per heavy atom. The van der Waals surface area contributed by atoms with Crippen LogP contribution in [0.15, 0.2) is 30.5 Å². The van der Waals surface area contributed by atoms with Crippen molar-refractivity contribution in [2.45, 2.75) is 0 Å². The van der Waals surface area contributed by atoms with E-state index in [2.05, 4.69) is 4.98 Å². The molecule has 0 aliphatic heterocycles. The second kappa shape index (κ2) is 5.72. The fourth-order valence-corrected chi connectivity index (χ4v) is 2.22. The standard InChI is InChI=1S/C11H5F3N.F6P.Ir/c12-7-1-3-9(10(14)5-7)11-4-2-8(13)6-15-11;1-7(2,3,4,5)6;/h1-2,4-6H;;/q;-1;. The number of pyridine rings is 1. The molecule has 2 aromatic rings. The number of benzene rings is 1. The van der Waals surface area contributed by atoms with Gasteiger partial charge in [0.25, 0.3) is 0 Å². The van der Waals surface area contributed by atoms with Crippen LogP contribution < -0.4 is 4.08 Å². The first kappa shape index (κ1) is 19.9. The predicted octanol–water partition coefficient (Wildman–Crippen LogP) is 5.72. The van der Waals surface area contributed by atoms with Gasteiger partial charge < -0.3 is 0 Å². The third kappa shape index (κ3) is 8.88. The number of nitrogens with zero attached hydrogens (tertiary/aromatic N) is 1. The van der Waals surface area contributed by atoms with Gasteiger partial charge in [0, 0.05) is 0 Å². The topological polar surface area (TPSA) is 12.9 Å². The van der Waals surface area contributed by atoms with Gasteiger partial charge >= 0.3 is 133 Å². The summed E-state index contributed by atoms with van der Waals surface area (Å²) in [7, 11) is -10.7. The summed E-state index contributed by atoms with van der Waals surface area (Å²) in [5.74, 6) is -1.83. The molecule has 0 amide bonds. The van der Waals surface area contributed by atoms with Crippen molar-refractivity contribution < 1.29 is 57.3 Å². The number of rotatable bonds is 1. The molecule has 1 aromatic heterocycles. The van der Waals surface area contributed by atoms with E-state index < -0.39 is 25.3 Å². The molecule has 0 aliphatic carbocycles. The minimum absolute atomic E-state index is 0.196. The zero-order valence-electron chi connectivity index (χ0n) is 10.5. The van der Waals surface area contributed by atoms with E-state index in [-0.39, 0.29) is 11.3 Å². The van der Waals surface area contributed by atoms with Gasteiger partial charge in [0.2, 0.25) is 0 Å². The molecule has 1 nitrogen and oxygen atoms in total. The number of halogens is 9. The average molecular weight is 545 g/mol. The van der Waals surface area contributed by atoms with Crippen LogP contribution in [0, 0.1) is 17.5 Å². The molecular formula is C11H5F9IrNP-. The molecule has 0 spiro atoms. The second-order valence-corrected chi connectivity index (χ2v) is 7.25. The molecule has 0 N–H and O–H groups in total. The fourth-order valence-electron chi connectivity index (χ4n) is 1.29. The Labute approximate surface area is 133 Å². The summed E-state index contributed by atoms with van der Waals surface area (Å²) in [6, 6.07) is 4.54. The minimum atomic E-state index is -10.7.